The summed E-state index contributed by atoms with van der Waals surface area (Å²) in [5.74, 6) is 0.880. The van der Waals surface area contributed by atoms with E-state index in [0.717, 1.165) is 39.1 Å². The summed E-state index contributed by atoms with van der Waals surface area (Å²) in [4.78, 5) is 17.4. The quantitative estimate of drug-likeness (QED) is 0.294. The Morgan fingerprint density at radius 2 is 1.82 bits per heavy atom. The highest BCUT2D eigenvalue weighted by Gasteiger charge is 2.21. The maximum Gasteiger partial charge on any atom is 0.291 e. The summed E-state index contributed by atoms with van der Waals surface area (Å²) in [6.07, 6.45) is 1.28. The number of fused-ring (bicyclic) bond motifs is 1. The van der Waals surface area contributed by atoms with Crippen molar-refractivity contribution in [2.75, 3.05) is 7.11 Å². The van der Waals surface area contributed by atoms with Crippen molar-refractivity contribution in [1.29, 1.82) is 0 Å². The fourth-order valence-electron chi connectivity index (χ4n) is 3.69. The fraction of sp³-hybridized carbons (Fsp3) is 0.154. The van der Waals surface area contributed by atoms with Crippen molar-refractivity contribution in [2.45, 2.75) is 19.8 Å². The molecule has 0 atom stereocenters. The molecule has 0 radical (unpaired) electrons. The van der Waals surface area contributed by atoms with Crippen LogP contribution in [0.1, 0.15) is 32.7 Å². The van der Waals surface area contributed by atoms with Crippen molar-refractivity contribution >= 4 is 27.3 Å². The molecule has 2 heterocycles. The summed E-state index contributed by atoms with van der Waals surface area (Å²) >= 11 is 1.33. The molecule has 0 saturated carbocycles. The Morgan fingerprint density at radius 1 is 0.970 bits per heavy atom. The van der Waals surface area contributed by atoms with Crippen LogP contribution in [0.2, 0.25) is 0 Å². The van der Waals surface area contributed by atoms with Gasteiger partial charge in [0.15, 0.2) is 5.01 Å². The van der Waals surface area contributed by atoms with E-state index in [1.807, 2.05) is 55.5 Å². The molecular formula is C26H21N3O3S. The van der Waals surface area contributed by atoms with Gasteiger partial charge in [0.1, 0.15) is 5.75 Å². The van der Waals surface area contributed by atoms with E-state index < -0.39 is 0 Å². The Morgan fingerprint density at radius 3 is 2.61 bits per heavy atom. The third-order valence-corrected chi connectivity index (χ3v) is 6.53. The van der Waals surface area contributed by atoms with Gasteiger partial charge in [0.25, 0.3) is 11.7 Å². The number of thiazole rings is 1. The Bertz CT molecular complexity index is 1440. The van der Waals surface area contributed by atoms with Crippen LogP contribution in [-0.4, -0.2) is 28.1 Å². The van der Waals surface area contributed by atoms with Crippen LogP contribution in [-0.2, 0) is 12.8 Å². The van der Waals surface area contributed by atoms with Crippen LogP contribution in [0.4, 0.5) is 0 Å². The maximum absolute atomic E-state index is 12.9. The van der Waals surface area contributed by atoms with Gasteiger partial charge in [0.05, 0.1) is 17.3 Å². The first-order valence-corrected chi connectivity index (χ1v) is 11.4. The molecule has 0 N–H and O–H groups in total. The highest BCUT2D eigenvalue weighted by Crippen LogP contribution is 2.29. The van der Waals surface area contributed by atoms with Crippen molar-refractivity contribution in [3.8, 4) is 16.9 Å². The second-order valence-electron chi connectivity index (χ2n) is 7.69. The third kappa shape index (κ3) is 4.40. The third-order valence-electron chi connectivity index (χ3n) is 5.51. The summed E-state index contributed by atoms with van der Waals surface area (Å²) in [6, 6.07) is 22.1. The van der Waals surface area contributed by atoms with E-state index in [-0.39, 0.29) is 11.7 Å². The molecule has 0 aliphatic heterocycles. The number of rotatable bonds is 7. The van der Waals surface area contributed by atoms with Crippen molar-refractivity contribution in [3.05, 3.63) is 94.6 Å². The molecular weight excluding hydrogens is 434 g/mol. The summed E-state index contributed by atoms with van der Waals surface area (Å²) in [5.41, 5.74) is 5.28. The number of ether oxygens (including phenoxy) is 1. The van der Waals surface area contributed by atoms with E-state index >= 15 is 0 Å². The first-order valence-electron chi connectivity index (χ1n) is 10.6. The average molecular weight is 456 g/mol. The zero-order valence-electron chi connectivity index (χ0n) is 18.2. The number of nitrogens with zero attached hydrogens (tertiary/aromatic N) is 3. The van der Waals surface area contributed by atoms with Crippen LogP contribution in [0.25, 0.3) is 21.3 Å². The molecule has 0 unspecified atom stereocenters. The van der Waals surface area contributed by atoms with Crippen LogP contribution in [0.3, 0.4) is 0 Å². The molecule has 0 fully saturated rings. The van der Waals surface area contributed by atoms with Crippen LogP contribution in [0.5, 0.6) is 5.75 Å². The number of hydrogen-bond donors (Lipinski definition) is 0. The second-order valence-corrected chi connectivity index (χ2v) is 8.72. The number of aromatic nitrogens is 3. The van der Waals surface area contributed by atoms with E-state index in [4.69, 9.17) is 9.15 Å². The van der Waals surface area contributed by atoms with Gasteiger partial charge in [-0.3, -0.25) is 4.79 Å². The largest absolute Gasteiger partial charge is 0.497 e. The molecule has 0 saturated heterocycles. The highest BCUT2D eigenvalue weighted by atomic mass is 32.1. The van der Waals surface area contributed by atoms with E-state index in [1.165, 1.54) is 16.9 Å². The van der Waals surface area contributed by atoms with Crippen LogP contribution >= 0.6 is 11.3 Å². The van der Waals surface area contributed by atoms with Crippen molar-refractivity contribution in [1.82, 2.24) is 15.2 Å². The normalized spacial score (nSPS) is 11.1. The molecule has 3 aromatic carbocycles. The lowest BCUT2D eigenvalue weighted by Crippen LogP contribution is -2.00. The number of hydrogen-bond acceptors (Lipinski definition) is 7. The number of aryl methyl sites for hydroxylation is 3. The summed E-state index contributed by atoms with van der Waals surface area (Å²) in [5, 5.41) is 8.38. The SMILES string of the molecule is COc1ccc(CCc2nnc(C(=O)c3nc4ccc(-c5ccccc5)cc4s3)o2)c(C)c1. The smallest absolute Gasteiger partial charge is 0.291 e. The standard InChI is InChI=1S/C26H21N3O3S/c1-16-14-20(31-2)11-8-17(16)10-13-23-28-29-25(32-23)24(30)26-27-21-12-9-19(15-22(21)33-26)18-6-4-3-5-7-18/h3-9,11-12,14-15H,10,13H2,1-2H3. The van der Waals surface area contributed by atoms with Crippen molar-refractivity contribution in [2.24, 2.45) is 0 Å². The van der Waals surface area contributed by atoms with Gasteiger partial charge in [0.2, 0.25) is 5.89 Å². The van der Waals surface area contributed by atoms with Gasteiger partial charge in [0, 0.05) is 6.42 Å². The molecule has 164 valence electrons. The highest BCUT2D eigenvalue weighted by molar-refractivity contribution is 7.20. The number of benzene rings is 3. The van der Waals surface area contributed by atoms with Crippen LogP contribution < -0.4 is 4.74 Å². The molecule has 6 nitrogen and oxygen atoms in total. The lowest BCUT2D eigenvalue weighted by Gasteiger charge is -2.06. The molecule has 0 aliphatic rings. The molecule has 0 bridgehead atoms. The summed E-state index contributed by atoms with van der Waals surface area (Å²) in [7, 11) is 1.65. The predicted molar refractivity (Wildman–Crippen MR) is 128 cm³/mol. The van der Waals surface area contributed by atoms with E-state index in [0.29, 0.717) is 17.3 Å². The topological polar surface area (TPSA) is 78.1 Å². The molecule has 7 heteroatoms. The van der Waals surface area contributed by atoms with Crippen LogP contribution in [0.15, 0.2) is 71.1 Å². The summed E-state index contributed by atoms with van der Waals surface area (Å²) in [6.45, 7) is 2.04. The van der Waals surface area contributed by atoms with Gasteiger partial charge >= 0.3 is 0 Å². The zero-order chi connectivity index (χ0) is 22.8. The van der Waals surface area contributed by atoms with E-state index in [9.17, 15) is 4.79 Å². The lowest BCUT2D eigenvalue weighted by molar-refractivity contribution is 0.100. The van der Waals surface area contributed by atoms with Gasteiger partial charge in [-0.25, -0.2) is 4.98 Å². The molecule has 5 aromatic rings. The maximum atomic E-state index is 12.9. The molecule has 0 amide bonds. The van der Waals surface area contributed by atoms with Crippen molar-refractivity contribution in [3.63, 3.8) is 0 Å². The van der Waals surface area contributed by atoms with Gasteiger partial charge in [-0.2, -0.15) is 0 Å². The summed E-state index contributed by atoms with van der Waals surface area (Å²) < 4.78 is 11.9. The first kappa shape index (κ1) is 21.0. The number of carbonyl (C=O) groups excluding carboxylic acids is 1. The first-order chi connectivity index (χ1) is 16.1. The molecule has 0 aliphatic carbocycles. The predicted octanol–water partition coefficient (Wildman–Crippen LogP) is 5.68. The second kappa shape index (κ2) is 8.96. The van der Waals surface area contributed by atoms with E-state index in [1.54, 1.807) is 7.11 Å². The Kier molecular flexibility index (Phi) is 5.71. The average Bonchev–Trinajstić information content (AvgIpc) is 3.50. The van der Waals surface area contributed by atoms with Gasteiger partial charge in [-0.1, -0.05) is 42.5 Å². The minimum Gasteiger partial charge on any atom is -0.497 e. The minimum atomic E-state index is -0.350. The van der Waals surface area contributed by atoms with Gasteiger partial charge < -0.3 is 9.15 Å². The number of carbonyl (C=O) groups is 1. The molecule has 33 heavy (non-hydrogen) atoms. The van der Waals surface area contributed by atoms with Gasteiger partial charge in [-0.05, 0) is 59.9 Å². The van der Waals surface area contributed by atoms with Gasteiger partial charge in [-0.15, -0.1) is 21.5 Å². The molecule has 2 aromatic heterocycles. The Hall–Kier alpha value is -3.84. The number of ketones is 1. The fourth-order valence-corrected chi connectivity index (χ4v) is 4.62. The van der Waals surface area contributed by atoms with Crippen molar-refractivity contribution < 1.29 is 13.9 Å². The molecule has 0 spiro atoms. The number of methoxy groups -OCH3 is 1. The van der Waals surface area contributed by atoms with Crippen LogP contribution in [0, 0.1) is 6.92 Å². The lowest BCUT2D eigenvalue weighted by atomic mass is 10.0. The molecule has 5 rings (SSSR count). The zero-order valence-corrected chi connectivity index (χ0v) is 19.1. The monoisotopic (exact) mass is 455 g/mol. The van der Waals surface area contributed by atoms with E-state index in [2.05, 4.69) is 33.4 Å². The Balaban J connectivity index is 1.32. The Labute approximate surface area is 194 Å². The minimum absolute atomic E-state index is 0.0289.